The van der Waals surface area contributed by atoms with E-state index in [1.165, 1.54) is 31.2 Å². The fourth-order valence-corrected chi connectivity index (χ4v) is 1.77. The van der Waals surface area contributed by atoms with E-state index >= 15 is 0 Å². The average Bonchev–Trinajstić information content (AvgIpc) is 2.45. The van der Waals surface area contributed by atoms with Gasteiger partial charge in [-0.2, -0.15) is 0 Å². The summed E-state index contributed by atoms with van der Waals surface area (Å²) in [5.74, 6) is -2.95. The van der Waals surface area contributed by atoms with Crippen molar-refractivity contribution in [3.63, 3.8) is 0 Å². The lowest BCUT2D eigenvalue weighted by Crippen LogP contribution is -2.42. The summed E-state index contributed by atoms with van der Waals surface area (Å²) in [5, 5.41) is 30.2. The van der Waals surface area contributed by atoms with Crippen LogP contribution in [0.2, 0.25) is 0 Å². The molecule has 2 atom stereocenters. The molecule has 23 heavy (non-hydrogen) atoms. The number of rotatable bonds is 7. The SMILES string of the molecule is CC(OC(=O)NC(CC(=O)O)C(=O)O)c1ccccc1[N+](=O)[O-]. The van der Waals surface area contributed by atoms with Crippen LogP contribution in [0.1, 0.15) is 25.0 Å². The molecule has 10 nitrogen and oxygen atoms in total. The third-order valence-electron chi connectivity index (χ3n) is 2.82. The van der Waals surface area contributed by atoms with E-state index in [9.17, 15) is 24.5 Å². The molecule has 3 N–H and O–H groups in total. The number of nitro groups is 1. The minimum Gasteiger partial charge on any atom is -0.481 e. The quantitative estimate of drug-likeness (QED) is 0.500. The first kappa shape index (κ1) is 17.9. The van der Waals surface area contributed by atoms with E-state index in [2.05, 4.69) is 0 Å². The first-order valence-corrected chi connectivity index (χ1v) is 6.37. The zero-order valence-electron chi connectivity index (χ0n) is 12.0. The maximum absolute atomic E-state index is 11.6. The monoisotopic (exact) mass is 326 g/mol. The van der Waals surface area contributed by atoms with Crippen molar-refractivity contribution in [3.8, 4) is 0 Å². The molecule has 0 aliphatic carbocycles. The number of carboxylic acids is 2. The number of carboxylic acid groups (broad SMARTS) is 2. The molecule has 1 aromatic rings. The molecule has 0 aliphatic rings. The Labute approximate surface area is 129 Å². The van der Waals surface area contributed by atoms with Crippen molar-refractivity contribution < 1.29 is 34.3 Å². The molecular weight excluding hydrogens is 312 g/mol. The molecule has 10 heteroatoms. The molecule has 0 saturated heterocycles. The van der Waals surface area contributed by atoms with Gasteiger partial charge < -0.3 is 20.3 Å². The van der Waals surface area contributed by atoms with Crippen LogP contribution < -0.4 is 5.32 Å². The molecule has 0 spiro atoms. The summed E-state index contributed by atoms with van der Waals surface area (Å²) in [4.78, 5) is 43.3. The zero-order chi connectivity index (χ0) is 17.6. The summed E-state index contributed by atoms with van der Waals surface area (Å²) in [6.45, 7) is 1.37. The molecule has 0 heterocycles. The Morgan fingerprint density at radius 3 is 2.43 bits per heavy atom. The van der Waals surface area contributed by atoms with Crippen LogP contribution in [0.15, 0.2) is 24.3 Å². The Bertz CT molecular complexity index is 630. The van der Waals surface area contributed by atoms with E-state index in [1.54, 1.807) is 0 Å². The Balaban J connectivity index is 2.79. The van der Waals surface area contributed by atoms with Gasteiger partial charge in [0.2, 0.25) is 0 Å². The van der Waals surface area contributed by atoms with Gasteiger partial charge in [0.05, 0.1) is 16.9 Å². The Morgan fingerprint density at radius 2 is 1.91 bits per heavy atom. The minimum absolute atomic E-state index is 0.123. The standard InChI is InChI=1S/C13H14N2O8/c1-7(8-4-2-3-5-10(8)15(21)22)23-13(20)14-9(12(18)19)6-11(16)17/h2-5,7,9H,6H2,1H3,(H,14,20)(H,16,17)(H,18,19). The summed E-state index contributed by atoms with van der Waals surface area (Å²) in [6, 6.07) is 3.92. The van der Waals surface area contributed by atoms with Gasteiger partial charge in [0.15, 0.2) is 0 Å². The molecule has 0 fully saturated rings. The predicted octanol–water partition coefficient (Wildman–Crippen LogP) is 1.31. The van der Waals surface area contributed by atoms with Gasteiger partial charge in [-0.1, -0.05) is 12.1 Å². The molecule has 124 valence electrons. The van der Waals surface area contributed by atoms with E-state index in [4.69, 9.17) is 14.9 Å². The van der Waals surface area contributed by atoms with Gasteiger partial charge in [0.25, 0.3) is 5.69 Å². The summed E-state index contributed by atoms with van der Waals surface area (Å²) >= 11 is 0. The molecule has 0 aliphatic heterocycles. The lowest BCUT2D eigenvalue weighted by Gasteiger charge is -2.17. The highest BCUT2D eigenvalue weighted by molar-refractivity contribution is 5.84. The molecule has 0 bridgehead atoms. The van der Waals surface area contributed by atoms with Crippen molar-refractivity contribution >= 4 is 23.7 Å². The molecule has 1 rings (SSSR count). The highest BCUT2D eigenvalue weighted by atomic mass is 16.6. The van der Waals surface area contributed by atoms with E-state index < -0.39 is 41.5 Å². The molecule has 1 amide bonds. The number of aliphatic carboxylic acids is 2. The highest BCUT2D eigenvalue weighted by Gasteiger charge is 2.26. The number of nitrogens with zero attached hydrogens (tertiary/aromatic N) is 1. The normalized spacial score (nSPS) is 12.7. The third-order valence-corrected chi connectivity index (χ3v) is 2.82. The van der Waals surface area contributed by atoms with Crippen molar-refractivity contribution in [2.45, 2.75) is 25.5 Å². The second-order valence-electron chi connectivity index (χ2n) is 4.50. The highest BCUT2D eigenvalue weighted by Crippen LogP contribution is 2.26. The van der Waals surface area contributed by atoms with Crippen LogP contribution in [0.5, 0.6) is 0 Å². The lowest BCUT2D eigenvalue weighted by molar-refractivity contribution is -0.386. The first-order valence-electron chi connectivity index (χ1n) is 6.37. The predicted molar refractivity (Wildman–Crippen MR) is 74.8 cm³/mol. The number of alkyl carbamates (subject to hydrolysis) is 1. The van der Waals surface area contributed by atoms with Gasteiger partial charge in [0.1, 0.15) is 12.1 Å². The number of amides is 1. The average molecular weight is 326 g/mol. The lowest BCUT2D eigenvalue weighted by atomic mass is 10.1. The van der Waals surface area contributed by atoms with Crippen LogP contribution in [0.3, 0.4) is 0 Å². The van der Waals surface area contributed by atoms with Crippen LogP contribution in [-0.2, 0) is 14.3 Å². The van der Waals surface area contributed by atoms with Gasteiger partial charge >= 0.3 is 18.0 Å². The smallest absolute Gasteiger partial charge is 0.408 e. The number of nitro benzene ring substituents is 1. The zero-order valence-corrected chi connectivity index (χ0v) is 12.0. The topological polar surface area (TPSA) is 156 Å². The molecule has 0 radical (unpaired) electrons. The summed E-state index contributed by atoms with van der Waals surface area (Å²) < 4.78 is 4.88. The second-order valence-corrected chi connectivity index (χ2v) is 4.50. The maximum atomic E-state index is 11.6. The molecule has 0 aromatic heterocycles. The number of benzene rings is 1. The summed E-state index contributed by atoms with van der Waals surface area (Å²) in [5.41, 5.74) is -0.133. The van der Waals surface area contributed by atoms with Crippen molar-refractivity contribution in [2.24, 2.45) is 0 Å². The number of carbonyl (C=O) groups is 3. The van der Waals surface area contributed by atoms with E-state index in [-0.39, 0.29) is 11.3 Å². The number of hydrogen-bond donors (Lipinski definition) is 3. The number of nitrogens with one attached hydrogen (secondary N) is 1. The van der Waals surface area contributed by atoms with Crippen LogP contribution in [0, 0.1) is 10.1 Å². The molecule has 2 unspecified atom stereocenters. The van der Waals surface area contributed by atoms with Crippen molar-refractivity contribution in [1.82, 2.24) is 5.32 Å². The molecule has 0 saturated carbocycles. The van der Waals surface area contributed by atoms with E-state index in [0.717, 1.165) is 0 Å². The van der Waals surface area contributed by atoms with Gasteiger partial charge in [-0.25, -0.2) is 9.59 Å². The largest absolute Gasteiger partial charge is 0.481 e. The first-order chi connectivity index (χ1) is 10.7. The third kappa shape index (κ3) is 5.26. The maximum Gasteiger partial charge on any atom is 0.408 e. The summed E-state index contributed by atoms with van der Waals surface area (Å²) in [6.07, 6.45) is -3.05. The molecular formula is C13H14N2O8. The number of carbonyl (C=O) groups excluding carboxylic acids is 1. The van der Waals surface area contributed by atoms with Crippen molar-refractivity contribution in [2.75, 3.05) is 0 Å². The van der Waals surface area contributed by atoms with E-state index in [0.29, 0.717) is 0 Å². The molecule has 1 aromatic carbocycles. The minimum atomic E-state index is -1.67. The summed E-state index contributed by atoms with van der Waals surface area (Å²) in [7, 11) is 0. The van der Waals surface area contributed by atoms with Gasteiger partial charge in [0, 0.05) is 6.07 Å². The Morgan fingerprint density at radius 1 is 1.30 bits per heavy atom. The fraction of sp³-hybridized carbons (Fsp3) is 0.308. The van der Waals surface area contributed by atoms with Gasteiger partial charge in [-0.15, -0.1) is 0 Å². The van der Waals surface area contributed by atoms with Crippen LogP contribution in [0.25, 0.3) is 0 Å². The second kappa shape index (κ2) is 7.73. The number of ether oxygens (including phenoxy) is 1. The van der Waals surface area contributed by atoms with Crippen LogP contribution >= 0.6 is 0 Å². The van der Waals surface area contributed by atoms with E-state index in [1.807, 2.05) is 5.32 Å². The number of para-hydroxylation sites is 1. The van der Waals surface area contributed by atoms with Crippen LogP contribution in [0.4, 0.5) is 10.5 Å². The van der Waals surface area contributed by atoms with Crippen molar-refractivity contribution in [3.05, 3.63) is 39.9 Å². The fourth-order valence-electron chi connectivity index (χ4n) is 1.77. The van der Waals surface area contributed by atoms with Crippen LogP contribution in [-0.4, -0.2) is 39.2 Å². The number of hydrogen-bond acceptors (Lipinski definition) is 6. The Hall–Kier alpha value is -3.17. The Kier molecular flexibility index (Phi) is 6.01. The van der Waals surface area contributed by atoms with Gasteiger partial charge in [-0.05, 0) is 13.0 Å². The van der Waals surface area contributed by atoms with Gasteiger partial charge in [-0.3, -0.25) is 14.9 Å². The van der Waals surface area contributed by atoms with Crippen molar-refractivity contribution in [1.29, 1.82) is 0 Å².